The van der Waals surface area contributed by atoms with Gasteiger partial charge in [0.15, 0.2) is 0 Å². The molecule has 5 rings (SSSR count). The van der Waals surface area contributed by atoms with Crippen LogP contribution in [0.2, 0.25) is 0 Å². The molecule has 0 aliphatic rings. The zero-order valence-corrected chi connectivity index (χ0v) is 15.9. The number of pyridine rings is 1. The van der Waals surface area contributed by atoms with Crippen LogP contribution in [0.1, 0.15) is 0 Å². The van der Waals surface area contributed by atoms with Gasteiger partial charge in [-0.3, -0.25) is 4.98 Å². The summed E-state index contributed by atoms with van der Waals surface area (Å²) in [6.07, 6.45) is 10.5. The molecule has 5 aromatic rings. The van der Waals surface area contributed by atoms with E-state index in [2.05, 4.69) is 14.4 Å². The van der Waals surface area contributed by atoms with Gasteiger partial charge in [-0.25, -0.2) is 0 Å². The highest BCUT2D eigenvalue weighted by molar-refractivity contribution is 7.07. The number of H-pyrrole nitrogens is 1. The van der Waals surface area contributed by atoms with Crippen LogP contribution in [0.15, 0.2) is 143 Å². The highest BCUT2D eigenvalue weighted by atomic mass is 32.1. The molecular weight excluding hydrogens is 352 g/mol. The summed E-state index contributed by atoms with van der Waals surface area (Å²) in [7, 11) is 0. The molecule has 0 bridgehead atoms. The lowest BCUT2D eigenvalue weighted by Gasteiger charge is -1.70. The van der Waals surface area contributed by atoms with Crippen LogP contribution >= 0.6 is 11.3 Å². The average molecular weight is 377 g/mol. The number of hydrogen-bond donors (Lipinski definition) is 1. The van der Waals surface area contributed by atoms with Crippen LogP contribution in [0.4, 0.5) is 0 Å². The van der Waals surface area contributed by atoms with E-state index in [0.717, 1.165) is 0 Å². The third-order valence-corrected chi connectivity index (χ3v) is 3.21. The first-order chi connectivity index (χ1) is 13.5. The predicted molar refractivity (Wildman–Crippen MR) is 114 cm³/mol. The van der Waals surface area contributed by atoms with E-state index in [-0.39, 0.29) is 0 Å². The van der Waals surface area contributed by atoms with Gasteiger partial charge in [-0.15, -0.1) is 0 Å². The van der Waals surface area contributed by atoms with Crippen molar-refractivity contribution in [3.63, 3.8) is 0 Å². The molecule has 0 saturated carbocycles. The number of rotatable bonds is 0. The van der Waals surface area contributed by atoms with Crippen LogP contribution in [0.3, 0.4) is 0 Å². The molecule has 4 heteroatoms. The fraction of sp³-hybridized carbons (Fsp3) is 0. The van der Waals surface area contributed by atoms with Crippen molar-refractivity contribution in [1.82, 2.24) is 9.97 Å². The minimum Gasteiger partial charge on any atom is -0.473 e. The Morgan fingerprint density at radius 3 is 1.19 bits per heavy atom. The van der Waals surface area contributed by atoms with Crippen molar-refractivity contribution in [3.8, 4) is 0 Å². The van der Waals surface area contributed by atoms with E-state index in [1.54, 1.807) is 36.3 Å². The van der Waals surface area contributed by atoms with E-state index in [4.69, 9.17) is 0 Å². The Kier molecular flexibility index (Phi) is 15.2. The van der Waals surface area contributed by atoms with E-state index in [0.29, 0.717) is 0 Å². The van der Waals surface area contributed by atoms with Crippen molar-refractivity contribution in [2.45, 2.75) is 0 Å². The second kappa shape index (κ2) is 19.0. The lowest BCUT2D eigenvalue weighted by atomic mass is 10.4. The van der Waals surface area contributed by atoms with Gasteiger partial charge >= 0.3 is 0 Å². The van der Waals surface area contributed by atoms with E-state index in [9.17, 15) is 0 Å². The average Bonchev–Trinajstić information content (AvgIpc) is 3.58. The Morgan fingerprint density at radius 1 is 0.519 bits per heavy atom. The minimum atomic E-state index is 1.62. The van der Waals surface area contributed by atoms with Gasteiger partial charge in [-0.1, -0.05) is 54.6 Å². The van der Waals surface area contributed by atoms with Gasteiger partial charge in [0.05, 0.1) is 12.5 Å². The monoisotopic (exact) mass is 376 g/mol. The third-order valence-electron chi connectivity index (χ3n) is 2.58. The summed E-state index contributed by atoms with van der Waals surface area (Å²) in [4.78, 5) is 6.65. The van der Waals surface area contributed by atoms with Gasteiger partial charge in [0.1, 0.15) is 0 Å². The Morgan fingerprint density at radius 2 is 1.00 bits per heavy atom. The number of aromatic amines is 1. The zero-order chi connectivity index (χ0) is 19.1. The summed E-state index contributed by atoms with van der Waals surface area (Å²) in [5.74, 6) is 0. The molecular formula is C23H24N2OS. The van der Waals surface area contributed by atoms with Crippen molar-refractivity contribution in [2.75, 3.05) is 0 Å². The zero-order valence-electron chi connectivity index (χ0n) is 15.0. The molecule has 138 valence electrons. The highest BCUT2D eigenvalue weighted by Gasteiger charge is 1.60. The molecule has 0 aliphatic carbocycles. The first-order valence-electron chi connectivity index (χ1n) is 8.37. The maximum Gasteiger partial charge on any atom is 0.0902 e. The molecule has 0 atom stereocenters. The number of hydrogen-bond acceptors (Lipinski definition) is 3. The molecule has 1 aromatic carbocycles. The van der Waals surface area contributed by atoms with Gasteiger partial charge in [0, 0.05) is 24.8 Å². The maximum atomic E-state index is 4.58. The van der Waals surface area contributed by atoms with Crippen LogP contribution < -0.4 is 0 Å². The van der Waals surface area contributed by atoms with Crippen molar-refractivity contribution >= 4 is 11.3 Å². The van der Waals surface area contributed by atoms with Crippen molar-refractivity contribution in [2.24, 2.45) is 0 Å². The normalized spacial score (nSPS) is 8.00. The molecule has 0 amide bonds. The molecule has 27 heavy (non-hydrogen) atoms. The van der Waals surface area contributed by atoms with Crippen molar-refractivity contribution in [1.29, 1.82) is 0 Å². The van der Waals surface area contributed by atoms with Crippen LogP contribution in [0.25, 0.3) is 0 Å². The smallest absolute Gasteiger partial charge is 0.0902 e. The molecule has 4 heterocycles. The van der Waals surface area contributed by atoms with E-state index < -0.39 is 0 Å². The Bertz CT molecular complexity index is 570. The summed E-state index contributed by atoms with van der Waals surface area (Å²) in [5, 5.41) is 4.08. The Hall–Kier alpha value is -3.37. The summed E-state index contributed by atoms with van der Waals surface area (Å²) < 4.78 is 4.58. The number of thiophene rings is 1. The second-order valence-electron chi connectivity index (χ2n) is 4.65. The first-order valence-corrected chi connectivity index (χ1v) is 9.31. The standard InChI is InChI=1S/C6H6.C5H5N.C4H5N.C4H4O.C4H4S/c2*1-2-4-6-5-3-1;3*1-2-4-5-3-1/h1-6H;1-5H;1-5H;2*1-4H. The van der Waals surface area contributed by atoms with Crippen LogP contribution in [-0.2, 0) is 0 Å². The molecule has 0 fully saturated rings. The van der Waals surface area contributed by atoms with Gasteiger partial charge in [0.25, 0.3) is 0 Å². The summed E-state index contributed by atoms with van der Waals surface area (Å²) in [5.41, 5.74) is 0. The second-order valence-corrected chi connectivity index (χ2v) is 5.47. The predicted octanol–water partition coefficient (Wildman–Crippen LogP) is 6.81. The molecule has 0 unspecified atom stereocenters. The SMILES string of the molecule is c1cc[nH]c1.c1ccccc1.c1ccncc1.c1ccoc1.c1ccsc1. The van der Waals surface area contributed by atoms with Crippen LogP contribution in [0, 0.1) is 0 Å². The molecule has 0 aliphatic heterocycles. The quantitative estimate of drug-likeness (QED) is 0.322. The van der Waals surface area contributed by atoms with Gasteiger partial charge in [-0.2, -0.15) is 11.3 Å². The van der Waals surface area contributed by atoms with Gasteiger partial charge in [0.2, 0.25) is 0 Å². The lowest BCUT2D eigenvalue weighted by Crippen LogP contribution is -1.58. The molecule has 1 N–H and O–H groups in total. The van der Waals surface area contributed by atoms with Crippen LogP contribution in [0.5, 0.6) is 0 Å². The maximum absolute atomic E-state index is 4.58. The van der Waals surface area contributed by atoms with Crippen LogP contribution in [-0.4, -0.2) is 9.97 Å². The Balaban J connectivity index is 0.000000169. The van der Waals surface area contributed by atoms with E-state index >= 15 is 0 Å². The molecule has 0 saturated heterocycles. The summed E-state index contributed by atoms with van der Waals surface area (Å²) in [6.45, 7) is 0. The number of nitrogens with one attached hydrogen (secondary N) is 1. The highest BCUT2D eigenvalue weighted by Crippen LogP contribution is 1.91. The topological polar surface area (TPSA) is 41.8 Å². The summed E-state index contributed by atoms with van der Waals surface area (Å²) in [6, 6.07) is 29.3. The van der Waals surface area contributed by atoms with Crippen molar-refractivity contribution < 1.29 is 4.42 Å². The lowest BCUT2D eigenvalue weighted by molar-refractivity contribution is 0.567. The van der Waals surface area contributed by atoms with E-state index in [1.807, 2.05) is 114 Å². The first kappa shape index (κ1) is 21.7. The number of benzene rings is 1. The number of aromatic nitrogens is 2. The third kappa shape index (κ3) is 17.2. The van der Waals surface area contributed by atoms with Crippen molar-refractivity contribution in [3.05, 3.63) is 139 Å². The molecule has 4 aromatic heterocycles. The number of furan rings is 1. The largest absolute Gasteiger partial charge is 0.473 e. The molecule has 3 nitrogen and oxygen atoms in total. The fourth-order valence-electron chi connectivity index (χ4n) is 1.43. The molecule has 0 spiro atoms. The fourth-order valence-corrected chi connectivity index (χ4v) is 1.88. The number of nitrogens with zero attached hydrogens (tertiary/aromatic N) is 1. The van der Waals surface area contributed by atoms with Gasteiger partial charge in [-0.05, 0) is 47.2 Å². The minimum absolute atomic E-state index is 1.62. The van der Waals surface area contributed by atoms with E-state index in [1.165, 1.54) is 0 Å². The molecule has 0 radical (unpaired) electrons. The Labute approximate surface area is 165 Å². The van der Waals surface area contributed by atoms with Gasteiger partial charge < -0.3 is 9.40 Å². The summed E-state index contributed by atoms with van der Waals surface area (Å²) >= 11 is 1.71.